The summed E-state index contributed by atoms with van der Waals surface area (Å²) in [6.07, 6.45) is 13.5. The van der Waals surface area contributed by atoms with Gasteiger partial charge in [0.25, 0.3) is 0 Å². The van der Waals surface area contributed by atoms with Crippen molar-refractivity contribution in [3.8, 4) is 0 Å². The van der Waals surface area contributed by atoms with Crippen molar-refractivity contribution in [2.75, 3.05) is 6.61 Å². The van der Waals surface area contributed by atoms with Crippen LogP contribution in [0.15, 0.2) is 43.9 Å². The van der Waals surface area contributed by atoms with E-state index in [1.165, 1.54) is 55.2 Å². The molecule has 0 saturated carbocycles. The number of aryl methyl sites for hydroxylation is 3. The third kappa shape index (κ3) is 10.1. The number of unbranched alkanes of at least 4 members (excludes halogenated alkanes) is 4. The maximum atomic E-state index is 12.2. The molecule has 0 radical (unpaired) electrons. The van der Waals surface area contributed by atoms with Crippen LogP contribution in [-0.2, 0) is 37.4 Å². The first kappa shape index (κ1) is 24.5. The van der Waals surface area contributed by atoms with Crippen molar-refractivity contribution < 1.29 is 18.1 Å². The zero-order chi connectivity index (χ0) is 20.7. The highest BCUT2D eigenvalue weighted by Gasteiger charge is 2.26. The molecule has 1 rings (SSSR count). The van der Waals surface area contributed by atoms with E-state index in [1.54, 1.807) is 0 Å². The lowest BCUT2D eigenvalue weighted by molar-refractivity contribution is 0.178. The fourth-order valence-electron chi connectivity index (χ4n) is 3.15. The van der Waals surface area contributed by atoms with E-state index in [0.717, 1.165) is 38.2 Å². The highest BCUT2D eigenvalue weighted by Crippen LogP contribution is 2.49. The van der Waals surface area contributed by atoms with Gasteiger partial charge in [-0.2, -0.15) is 0 Å². The Morgan fingerprint density at radius 3 is 1.61 bits per heavy atom. The second-order valence-electron chi connectivity index (χ2n) is 7.00. The molecule has 0 spiro atoms. The number of hydrogen-bond acceptors (Lipinski definition) is 4. The number of phosphoric ester groups is 1. The van der Waals surface area contributed by atoms with Crippen LogP contribution in [0.25, 0.3) is 0 Å². The van der Waals surface area contributed by atoms with Gasteiger partial charge in [0.05, 0.1) is 19.1 Å². The van der Waals surface area contributed by atoms with E-state index in [1.807, 2.05) is 0 Å². The van der Waals surface area contributed by atoms with Gasteiger partial charge >= 0.3 is 7.82 Å². The van der Waals surface area contributed by atoms with Crippen LogP contribution in [0, 0.1) is 0 Å². The first-order valence-electron chi connectivity index (χ1n) is 10.5. The summed E-state index contributed by atoms with van der Waals surface area (Å²) in [5.41, 5.74) is 4.16. The van der Waals surface area contributed by atoms with Crippen molar-refractivity contribution in [2.45, 2.75) is 78.1 Å². The van der Waals surface area contributed by atoms with Crippen LogP contribution in [0.1, 0.15) is 75.5 Å². The van der Waals surface area contributed by atoms with Gasteiger partial charge in [0.2, 0.25) is 0 Å². The Bertz CT molecular complexity index is 585. The third-order valence-corrected chi connectivity index (χ3v) is 5.83. The van der Waals surface area contributed by atoms with Gasteiger partial charge in [0.1, 0.15) is 0 Å². The molecule has 0 aliphatic carbocycles. The molecule has 0 N–H and O–H groups in total. The van der Waals surface area contributed by atoms with Crippen LogP contribution in [-0.4, -0.2) is 6.61 Å². The molecule has 158 valence electrons. The van der Waals surface area contributed by atoms with Gasteiger partial charge in [-0.25, -0.2) is 4.57 Å². The van der Waals surface area contributed by atoms with E-state index >= 15 is 0 Å². The Kier molecular flexibility index (Phi) is 12.7. The van der Waals surface area contributed by atoms with Crippen LogP contribution in [0.5, 0.6) is 0 Å². The molecular formula is C23H37O4P. The minimum atomic E-state index is -3.63. The second kappa shape index (κ2) is 14.5. The summed E-state index contributed by atoms with van der Waals surface area (Å²) in [6.45, 7) is 11.5. The van der Waals surface area contributed by atoms with E-state index in [4.69, 9.17) is 13.6 Å². The largest absolute Gasteiger partial charge is 0.586 e. The van der Waals surface area contributed by atoms with Gasteiger partial charge in [0.15, 0.2) is 0 Å². The maximum Gasteiger partial charge on any atom is 0.586 e. The topological polar surface area (TPSA) is 44.8 Å². The first-order valence-corrected chi connectivity index (χ1v) is 12.0. The molecule has 0 unspecified atom stereocenters. The van der Waals surface area contributed by atoms with Gasteiger partial charge in [-0.3, -0.25) is 4.52 Å². The molecule has 5 heteroatoms. The first-order chi connectivity index (χ1) is 13.6. The Morgan fingerprint density at radius 2 is 1.21 bits per heavy atom. The zero-order valence-corrected chi connectivity index (χ0v) is 18.6. The summed E-state index contributed by atoms with van der Waals surface area (Å²) in [5, 5.41) is 0. The Balaban J connectivity index is 2.66. The number of hydrogen-bond donors (Lipinski definition) is 0. The molecule has 0 heterocycles. The fraction of sp³-hybridized carbons (Fsp3) is 0.565. The molecule has 1 aromatic rings. The predicted octanol–water partition coefficient (Wildman–Crippen LogP) is 7.53. The van der Waals surface area contributed by atoms with Crippen LogP contribution in [0.2, 0.25) is 0 Å². The van der Waals surface area contributed by atoms with Crippen LogP contribution in [0.3, 0.4) is 0 Å². The van der Waals surface area contributed by atoms with Gasteiger partial charge in [-0.1, -0.05) is 70.9 Å². The molecule has 0 amide bonds. The molecule has 0 fully saturated rings. The normalized spacial score (nSPS) is 11.2. The summed E-state index contributed by atoms with van der Waals surface area (Å²) in [6, 6.07) is 6.98. The lowest BCUT2D eigenvalue weighted by Crippen LogP contribution is -2.00. The van der Waals surface area contributed by atoms with E-state index in [0.29, 0.717) is 0 Å². The molecular weight excluding hydrogens is 371 g/mol. The van der Waals surface area contributed by atoms with Gasteiger partial charge < -0.3 is 9.05 Å². The van der Waals surface area contributed by atoms with Crippen LogP contribution in [0.4, 0.5) is 0 Å². The Morgan fingerprint density at radius 1 is 0.786 bits per heavy atom. The monoisotopic (exact) mass is 408 g/mol. The number of phosphoric acid groups is 1. The van der Waals surface area contributed by atoms with E-state index in [9.17, 15) is 4.57 Å². The molecule has 0 atom stereocenters. The highest BCUT2D eigenvalue weighted by molar-refractivity contribution is 7.48. The van der Waals surface area contributed by atoms with Crippen LogP contribution >= 0.6 is 7.82 Å². The van der Waals surface area contributed by atoms with E-state index < -0.39 is 7.82 Å². The van der Waals surface area contributed by atoms with Crippen molar-refractivity contribution in [1.29, 1.82) is 0 Å². The number of rotatable bonds is 17. The number of benzene rings is 1. The fourth-order valence-corrected chi connectivity index (χ4v) is 4.04. The standard InChI is InChI=1S/C23H37O4P/c1-5-9-11-14-21-18-22(15-12-10-6-2)20-23(19-21)16-13-17-27-28(24,25-7-3)26-8-4/h7-8,18-20H,3-6,9-17H2,1-2H3. The smallest absolute Gasteiger partial charge is 0.404 e. The van der Waals surface area contributed by atoms with Crippen molar-refractivity contribution >= 4 is 7.82 Å². The highest BCUT2D eigenvalue weighted by atomic mass is 31.2. The summed E-state index contributed by atoms with van der Waals surface area (Å²) in [5.74, 6) is 0. The van der Waals surface area contributed by atoms with Gasteiger partial charge in [0, 0.05) is 0 Å². The quantitative estimate of drug-likeness (QED) is 0.152. The van der Waals surface area contributed by atoms with Crippen molar-refractivity contribution in [3.05, 3.63) is 60.6 Å². The average Bonchev–Trinajstić information content (AvgIpc) is 2.66. The summed E-state index contributed by atoms with van der Waals surface area (Å²) in [4.78, 5) is 0. The Labute approximate surface area is 171 Å². The van der Waals surface area contributed by atoms with Gasteiger partial charge in [-0.15, -0.1) is 0 Å². The molecule has 28 heavy (non-hydrogen) atoms. The molecule has 0 aliphatic heterocycles. The maximum absolute atomic E-state index is 12.2. The summed E-state index contributed by atoms with van der Waals surface area (Å²) in [7, 11) is -3.63. The van der Waals surface area contributed by atoms with Crippen molar-refractivity contribution in [1.82, 2.24) is 0 Å². The molecule has 0 aliphatic rings. The summed E-state index contributed by atoms with van der Waals surface area (Å²) >= 11 is 0. The molecule has 0 bridgehead atoms. The summed E-state index contributed by atoms with van der Waals surface area (Å²) < 4.78 is 27.3. The lowest BCUT2D eigenvalue weighted by atomic mass is 9.96. The van der Waals surface area contributed by atoms with Gasteiger partial charge in [-0.05, 0) is 55.2 Å². The third-order valence-electron chi connectivity index (χ3n) is 4.52. The zero-order valence-electron chi connectivity index (χ0n) is 17.7. The average molecular weight is 409 g/mol. The molecule has 0 saturated heterocycles. The molecule has 0 aromatic heterocycles. The van der Waals surface area contributed by atoms with E-state index in [2.05, 4.69) is 45.2 Å². The van der Waals surface area contributed by atoms with Crippen LogP contribution < -0.4 is 0 Å². The predicted molar refractivity (Wildman–Crippen MR) is 117 cm³/mol. The second-order valence-corrected chi connectivity index (χ2v) is 8.57. The van der Waals surface area contributed by atoms with Crippen molar-refractivity contribution in [3.63, 3.8) is 0 Å². The van der Waals surface area contributed by atoms with Crippen molar-refractivity contribution in [2.24, 2.45) is 0 Å². The molecule has 1 aromatic carbocycles. The molecule has 4 nitrogen and oxygen atoms in total. The minimum absolute atomic E-state index is 0.282. The minimum Gasteiger partial charge on any atom is -0.404 e. The Hall–Kier alpha value is -1.51. The SMILES string of the molecule is C=COP(=O)(OC=C)OCCCc1cc(CCCCC)cc(CCCCC)c1. The lowest BCUT2D eigenvalue weighted by Gasteiger charge is -2.14. The van der Waals surface area contributed by atoms with E-state index in [-0.39, 0.29) is 6.61 Å².